The summed E-state index contributed by atoms with van der Waals surface area (Å²) < 4.78 is 0. The van der Waals surface area contributed by atoms with Gasteiger partial charge < -0.3 is 0 Å². The Morgan fingerprint density at radius 3 is 2.56 bits per heavy atom. The molecular formula is C16H20O2. The normalized spacial score (nSPS) is 51.5. The number of carbonyl (C=O) groups excluding carboxylic acids is 2. The van der Waals surface area contributed by atoms with Crippen molar-refractivity contribution in [1.82, 2.24) is 0 Å². The summed E-state index contributed by atoms with van der Waals surface area (Å²) in [6.45, 7) is 2.21. The highest BCUT2D eigenvalue weighted by atomic mass is 16.1. The lowest BCUT2D eigenvalue weighted by atomic mass is 9.68. The molecule has 18 heavy (non-hydrogen) atoms. The molecule has 0 aliphatic heterocycles. The fraction of sp³-hybridized carbons (Fsp3) is 0.750. The second kappa shape index (κ2) is 3.55. The summed E-state index contributed by atoms with van der Waals surface area (Å²) in [5, 5.41) is 0. The summed E-state index contributed by atoms with van der Waals surface area (Å²) in [5.41, 5.74) is 0. The Morgan fingerprint density at radius 1 is 1.11 bits per heavy atom. The van der Waals surface area contributed by atoms with Crippen molar-refractivity contribution in [3.05, 3.63) is 12.2 Å². The third kappa shape index (κ3) is 1.10. The molecule has 0 aromatic rings. The van der Waals surface area contributed by atoms with Crippen LogP contribution in [0.5, 0.6) is 0 Å². The third-order valence-corrected chi connectivity index (χ3v) is 6.02. The van der Waals surface area contributed by atoms with Crippen molar-refractivity contribution >= 4 is 11.6 Å². The van der Waals surface area contributed by atoms with Crippen molar-refractivity contribution in [2.45, 2.75) is 32.6 Å². The average molecular weight is 244 g/mol. The monoisotopic (exact) mass is 244 g/mol. The molecule has 0 aromatic carbocycles. The summed E-state index contributed by atoms with van der Waals surface area (Å²) in [6, 6.07) is 0. The van der Waals surface area contributed by atoms with Crippen LogP contribution in [0.25, 0.3) is 0 Å². The first-order chi connectivity index (χ1) is 8.74. The molecule has 0 saturated heterocycles. The van der Waals surface area contributed by atoms with Crippen molar-refractivity contribution < 1.29 is 9.59 Å². The summed E-state index contributed by atoms with van der Waals surface area (Å²) >= 11 is 0. The minimum absolute atomic E-state index is 0.100. The van der Waals surface area contributed by atoms with Crippen molar-refractivity contribution in [3.63, 3.8) is 0 Å². The molecule has 0 aromatic heterocycles. The standard InChI is InChI=1S/C16H20O2/c1-2-3-4-8-7-11-13-9-5-6-10(15(9)17)14(13)12(8)16(11)18/h5-6,8-14H,2-4,7H2,1H3. The van der Waals surface area contributed by atoms with Gasteiger partial charge in [-0.2, -0.15) is 0 Å². The van der Waals surface area contributed by atoms with Crippen LogP contribution in [-0.4, -0.2) is 11.6 Å². The van der Waals surface area contributed by atoms with Gasteiger partial charge in [0.25, 0.3) is 0 Å². The zero-order chi connectivity index (χ0) is 12.4. The SMILES string of the molecule is CCCCC1CC2C(=O)C1C1C3C=CC(C3=O)C21. The maximum atomic E-state index is 12.4. The lowest BCUT2D eigenvalue weighted by molar-refractivity contribution is -0.125. The maximum Gasteiger partial charge on any atom is 0.147 e. The van der Waals surface area contributed by atoms with Gasteiger partial charge in [-0.25, -0.2) is 0 Å². The van der Waals surface area contributed by atoms with E-state index in [2.05, 4.69) is 19.1 Å². The van der Waals surface area contributed by atoms with E-state index in [1.165, 1.54) is 19.3 Å². The zero-order valence-electron chi connectivity index (χ0n) is 10.8. The van der Waals surface area contributed by atoms with E-state index in [4.69, 9.17) is 0 Å². The van der Waals surface area contributed by atoms with Gasteiger partial charge in [0.1, 0.15) is 11.6 Å². The van der Waals surface area contributed by atoms with E-state index in [9.17, 15) is 9.59 Å². The highest BCUT2D eigenvalue weighted by molar-refractivity contribution is 5.98. The zero-order valence-corrected chi connectivity index (χ0v) is 10.8. The summed E-state index contributed by atoms with van der Waals surface area (Å²) in [4.78, 5) is 24.6. The van der Waals surface area contributed by atoms with Crippen molar-refractivity contribution in [3.8, 4) is 0 Å². The summed E-state index contributed by atoms with van der Waals surface area (Å²) in [5.74, 6) is 2.96. The molecule has 96 valence electrons. The van der Waals surface area contributed by atoms with Crippen LogP contribution in [0.2, 0.25) is 0 Å². The molecule has 4 bridgehead atoms. The molecule has 0 N–H and O–H groups in total. The third-order valence-electron chi connectivity index (χ3n) is 6.02. The van der Waals surface area contributed by atoms with Crippen LogP contribution < -0.4 is 0 Å². The van der Waals surface area contributed by atoms with Gasteiger partial charge in [0.15, 0.2) is 0 Å². The lowest BCUT2D eigenvalue weighted by Gasteiger charge is -2.34. The molecule has 3 fully saturated rings. The molecule has 7 unspecified atom stereocenters. The molecule has 0 heterocycles. The quantitative estimate of drug-likeness (QED) is 0.565. The van der Waals surface area contributed by atoms with E-state index in [0.717, 1.165) is 6.42 Å². The van der Waals surface area contributed by atoms with Gasteiger partial charge in [0, 0.05) is 23.7 Å². The van der Waals surface area contributed by atoms with Gasteiger partial charge in [0.05, 0.1) is 0 Å². The molecule has 4 aliphatic rings. The molecular weight excluding hydrogens is 224 g/mol. The molecule has 3 saturated carbocycles. The number of hydrogen-bond donors (Lipinski definition) is 0. The molecule has 4 rings (SSSR count). The first kappa shape index (κ1) is 11.0. The number of unbranched alkanes of at least 4 members (excludes halogenated alkanes) is 1. The first-order valence-electron chi connectivity index (χ1n) is 7.49. The van der Waals surface area contributed by atoms with Crippen LogP contribution in [0.15, 0.2) is 12.2 Å². The summed E-state index contributed by atoms with van der Waals surface area (Å²) in [7, 11) is 0. The van der Waals surface area contributed by atoms with Gasteiger partial charge in [-0.1, -0.05) is 31.9 Å². The van der Waals surface area contributed by atoms with Crippen molar-refractivity contribution in [1.29, 1.82) is 0 Å². The Kier molecular flexibility index (Phi) is 2.16. The molecule has 0 amide bonds. The van der Waals surface area contributed by atoms with Crippen LogP contribution >= 0.6 is 0 Å². The second-order valence-corrected chi connectivity index (χ2v) is 6.67. The Hall–Kier alpha value is -0.920. The first-order valence-corrected chi connectivity index (χ1v) is 7.49. The fourth-order valence-corrected chi connectivity index (χ4v) is 5.43. The van der Waals surface area contributed by atoms with Crippen LogP contribution in [-0.2, 0) is 9.59 Å². The van der Waals surface area contributed by atoms with E-state index in [0.29, 0.717) is 29.3 Å². The molecule has 0 radical (unpaired) electrons. The number of carbonyl (C=O) groups is 2. The van der Waals surface area contributed by atoms with Crippen LogP contribution in [0.3, 0.4) is 0 Å². The number of rotatable bonds is 3. The molecule has 4 aliphatic carbocycles. The number of hydrogen-bond acceptors (Lipinski definition) is 2. The largest absolute Gasteiger partial charge is 0.299 e. The van der Waals surface area contributed by atoms with E-state index < -0.39 is 0 Å². The Labute approximate surface area is 108 Å². The van der Waals surface area contributed by atoms with E-state index in [1.807, 2.05) is 0 Å². The van der Waals surface area contributed by atoms with Crippen LogP contribution in [0.4, 0.5) is 0 Å². The van der Waals surface area contributed by atoms with E-state index in [-0.39, 0.29) is 23.7 Å². The maximum absolute atomic E-state index is 12.4. The minimum Gasteiger partial charge on any atom is -0.299 e. The van der Waals surface area contributed by atoms with Crippen molar-refractivity contribution in [2.24, 2.45) is 41.4 Å². The van der Waals surface area contributed by atoms with E-state index in [1.54, 1.807) is 0 Å². The number of ketones is 2. The topological polar surface area (TPSA) is 34.1 Å². The fourth-order valence-electron chi connectivity index (χ4n) is 5.43. The summed E-state index contributed by atoms with van der Waals surface area (Å²) in [6.07, 6.45) is 8.90. The average Bonchev–Trinajstić information content (AvgIpc) is 3.05. The number of allylic oxidation sites excluding steroid dienone is 2. The Balaban J connectivity index is 1.65. The predicted molar refractivity (Wildman–Crippen MR) is 67.7 cm³/mol. The molecule has 0 spiro atoms. The smallest absolute Gasteiger partial charge is 0.147 e. The van der Waals surface area contributed by atoms with Gasteiger partial charge in [-0.3, -0.25) is 9.59 Å². The predicted octanol–water partition coefficient (Wildman–Crippen LogP) is 2.63. The number of Topliss-reactive ketones (excluding diaryl/α,β-unsaturated/α-hetero) is 2. The van der Waals surface area contributed by atoms with Crippen LogP contribution in [0, 0.1) is 41.4 Å². The van der Waals surface area contributed by atoms with Gasteiger partial charge in [-0.15, -0.1) is 0 Å². The Morgan fingerprint density at radius 2 is 1.83 bits per heavy atom. The highest BCUT2D eigenvalue weighted by Gasteiger charge is 2.68. The molecule has 7 atom stereocenters. The molecule has 2 nitrogen and oxygen atoms in total. The van der Waals surface area contributed by atoms with Gasteiger partial charge in [0.2, 0.25) is 0 Å². The lowest BCUT2D eigenvalue weighted by Crippen LogP contribution is -2.31. The highest BCUT2D eigenvalue weighted by Crippen LogP contribution is 2.64. The van der Waals surface area contributed by atoms with Gasteiger partial charge >= 0.3 is 0 Å². The van der Waals surface area contributed by atoms with Crippen molar-refractivity contribution in [2.75, 3.05) is 0 Å². The minimum atomic E-state index is 0.100. The van der Waals surface area contributed by atoms with Crippen LogP contribution in [0.1, 0.15) is 32.6 Å². The van der Waals surface area contributed by atoms with E-state index >= 15 is 0 Å². The molecule has 2 heteroatoms. The number of fused-ring (bicyclic) bond motifs is 9. The second-order valence-electron chi connectivity index (χ2n) is 6.67. The van der Waals surface area contributed by atoms with Gasteiger partial charge in [-0.05, 0) is 30.6 Å². The Bertz CT molecular complexity index is 450.